The van der Waals surface area contributed by atoms with Crippen molar-refractivity contribution in [1.29, 1.82) is 0 Å². The molecule has 1 unspecified atom stereocenters. The molecule has 0 spiro atoms. The molecular weight excluding hydrogens is 352 g/mol. The second kappa shape index (κ2) is 5.90. The number of aromatic nitrogens is 1. The van der Waals surface area contributed by atoms with Gasteiger partial charge in [0.25, 0.3) is 0 Å². The Morgan fingerprint density at radius 1 is 1.58 bits per heavy atom. The van der Waals surface area contributed by atoms with Crippen LogP contribution in [0.3, 0.4) is 0 Å². The topological polar surface area (TPSA) is 62.2 Å². The normalized spacial score (nSPS) is 12.2. The Hall–Kier alpha value is -1.11. The number of hydrogen-bond acceptors (Lipinski definition) is 4. The molecule has 1 aromatic heterocycles. The third-order valence-electron chi connectivity index (χ3n) is 2.41. The molecule has 1 atom stereocenters. The largest absolute Gasteiger partial charge is 0.479 e. The molecule has 4 nitrogen and oxygen atoms in total. The van der Waals surface area contributed by atoms with Gasteiger partial charge < -0.3 is 10.4 Å². The fourth-order valence-electron chi connectivity index (χ4n) is 1.53. The summed E-state index contributed by atoms with van der Waals surface area (Å²) in [6.07, 6.45) is 0. The van der Waals surface area contributed by atoms with Crippen molar-refractivity contribution in [3.8, 4) is 0 Å². The molecule has 0 saturated carbocycles. The van der Waals surface area contributed by atoms with Gasteiger partial charge in [-0.05, 0) is 41.1 Å². The number of nitrogens with zero attached hydrogens (tertiary/aromatic N) is 1. The van der Waals surface area contributed by atoms with Crippen LogP contribution in [0.4, 0.5) is 5.69 Å². The lowest BCUT2D eigenvalue weighted by Gasteiger charge is -2.14. The number of carbonyl (C=O) groups is 1. The third-order valence-corrected chi connectivity index (χ3v) is 4.42. The molecule has 1 heterocycles. The van der Waals surface area contributed by atoms with Crippen LogP contribution in [0, 0.1) is 6.92 Å². The summed E-state index contributed by atoms with van der Waals surface area (Å²) in [4.78, 5) is 15.5. The molecule has 0 aliphatic rings. The highest BCUT2D eigenvalue weighted by Gasteiger charge is 2.22. The molecule has 0 radical (unpaired) electrons. The summed E-state index contributed by atoms with van der Waals surface area (Å²) in [5.74, 6) is -0.976. The molecule has 0 aliphatic carbocycles. The fraction of sp³-hybridized carbons (Fsp3) is 0.167. The van der Waals surface area contributed by atoms with E-state index in [-0.39, 0.29) is 0 Å². The molecule has 0 aliphatic heterocycles. The van der Waals surface area contributed by atoms with Crippen molar-refractivity contribution >= 4 is 50.5 Å². The smallest absolute Gasteiger partial charge is 0.332 e. The Bertz CT molecular complexity index is 618. The van der Waals surface area contributed by atoms with E-state index in [1.165, 1.54) is 11.3 Å². The van der Waals surface area contributed by atoms with Crippen LogP contribution in [-0.4, -0.2) is 16.1 Å². The van der Waals surface area contributed by atoms with Gasteiger partial charge in [-0.1, -0.05) is 11.6 Å². The van der Waals surface area contributed by atoms with Gasteiger partial charge in [-0.15, -0.1) is 11.3 Å². The van der Waals surface area contributed by atoms with Gasteiger partial charge >= 0.3 is 5.97 Å². The lowest BCUT2D eigenvalue weighted by atomic mass is 10.2. The number of anilines is 1. The van der Waals surface area contributed by atoms with Crippen LogP contribution in [0.15, 0.2) is 28.1 Å². The average Bonchev–Trinajstić information content (AvgIpc) is 2.76. The van der Waals surface area contributed by atoms with E-state index in [0.717, 1.165) is 5.01 Å². The first-order valence-electron chi connectivity index (χ1n) is 5.34. The summed E-state index contributed by atoms with van der Waals surface area (Å²) in [6, 6.07) is 4.27. The van der Waals surface area contributed by atoms with Crippen molar-refractivity contribution in [2.24, 2.45) is 0 Å². The molecular formula is C12H10BrClN2O2S. The number of aryl methyl sites for hydroxylation is 1. The number of nitrogens with one attached hydrogen (secondary N) is 1. The van der Waals surface area contributed by atoms with Gasteiger partial charge in [0.1, 0.15) is 0 Å². The molecule has 0 fully saturated rings. The van der Waals surface area contributed by atoms with Crippen molar-refractivity contribution in [3.63, 3.8) is 0 Å². The lowest BCUT2D eigenvalue weighted by Crippen LogP contribution is -2.20. The first-order valence-corrected chi connectivity index (χ1v) is 7.39. The van der Waals surface area contributed by atoms with Crippen LogP contribution in [0.25, 0.3) is 0 Å². The molecule has 100 valence electrons. The molecule has 0 saturated heterocycles. The predicted octanol–water partition coefficient (Wildman–Crippen LogP) is 4.11. The van der Waals surface area contributed by atoms with Crippen LogP contribution in [-0.2, 0) is 4.79 Å². The first-order chi connectivity index (χ1) is 8.97. The van der Waals surface area contributed by atoms with Gasteiger partial charge in [-0.3, -0.25) is 0 Å². The number of carboxylic acid groups (broad SMARTS) is 1. The van der Waals surface area contributed by atoms with E-state index in [1.807, 2.05) is 6.92 Å². The first kappa shape index (κ1) is 14.3. The fourth-order valence-corrected chi connectivity index (χ4v) is 2.66. The zero-order chi connectivity index (χ0) is 14.0. The van der Waals surface area contributed by atoms with E-state index < -0.39 is 12.0 Å². The Balaban J connectivity index is 2.26. The summed E-state index contributed by atoms with van der Waals surface area (Å²) in [5, 5.41) is 15.4. The molecule has 7 heteroatoms. The lowest BCUT2D eigenvalue weighted by molar-refractivity contribution is -0.138. The van der Waals surface area contributed by atoms with E-state index >= 15 is 0 Å². The molecule has 2 N–H and O–H groups in total. The van der Waals surface area contributed by atoms with Gasteiger partial charge in [-0.25, -0.2) is 9.78 Å². The Labute approximate surface area is 127 Å². The van der Waals surface area contributed by atoms with Crippen molar-refractivity contribution in [1.82, 2.24) is 4.98 Å². The molecule has 1 aromatic carbocycles. The van der Waals surface area contributed by atoms with Crippen LogP contribution >= 0.6 is 38.9 Å². The maximum atomic E-state index is 11.3. The Morgan fingerprint density at radius 3 is 2.84 bits per heavy atom. The number of thiazole rings is 1. The molecule has 19 heavy (non-hydrogen) atoms. The van der Waals surface area contributed by atoms with E-state index in [0.29, 0.717) is 20.9 Å². The quantitative estimate of drug-likeness (QED) is 0.860. The number of hydrogen-bond donors (Lipinski definition) is 2. The van der Waals surface area contributed by atoms with E-state index in [4.69, 9.17) is 11.6 Å². The van der Waals surface area contributed by atoms with Crippen molar-refractivity contribution in [3.05, 3.63) is 43.8 Å². The number of rotatable bonds is 4. The molecule has 0 bridgehead atoms. The van der Waals surface area contributed by atoms with Crippen LogP contribution in [0.1, 0.15) is 16.7 Å². The zero-order valence-electron chi connectivity index (χ0n) is 9.85. The van der Waals surface area contributed by atoms with E-state index in [9.17, 15) is 9.90 Å². The zero-order valence-corrected chi connectivity index (χ0v) is 13.0. The highest BCUT2D eigenvalue weighted by molar-refractivity contribution is 9.10. The third kappa shape index (κ3) is 3.46. The summed E-state index contributed by atoms with van der Waals surface area (Å²) in [7, 11) is 0. The summed E-state index contributed by atoms with van der Waals surface area (Å²) < 4.78 is 0.706. The molecule has 0 amide bonds. The minimum atomic E-state index is -0.976. The monoisotopic (exact) mass is 360 g/mol. The van der Waals surface area contributed by atoms with Gasteiger partial charge in [0.2, 0.25) is 0 Å². The highest BCUT2D eigenvalue weighted by Crippen LogP contribution is 2.28. The number of benzene rings is 1. The number of aliphatic carboxylic acids is 1. The van der Waals surface area contributed by atoms with E-state index in [1.54, 1.807) is 23.6 Å². The van der Waals surface area contributed by atoms with Gasteiger partial charge in [0, 0.05) is 15.5 Å². The maximum Gasteiger partial charge on any atom is 0.332 e. The van der Waals surface area contributed by atoms with Crippen LogP contribution in [0.2, 0.25) is 5.02 Å². The van der Waals surface area contributed by atoms with Crippen LogP contribution < -0.4 is 5.32 Å². The van der Waals surface area contributed by atoms with Gasteiger partial charge in [0.05, 0.1) is 15.7 Å². The minimum Gasteiger partial charge on any atom is -0.479 e. The highest BCUT2D eigenvalue weighted by atomic mass is 79.9. The minimum absolute atomic E-state index is 0.501. The average molecular weight is 362 g/mol. The van der Waals surface area contributed by atoms with Gasteiger partial charge in [-0.2, -0.15) is 0 Å². The number of carboxylic acids is 1. The maximum absolute atomic E-state index is 11.3. The Morgan fingerprint density at radius 2 is 2.32 bits per heavy atom. The van der Waals surface area contributed by atoms with Crippen molar-refractivity contribution < 1.29 is 9.90 Å². The summed E-state index contributed by atoms with van der Waals surface area (Å²) in [6.45, 7) is 1.84. The van der Waals surface area contributed by atoms with Crippen LogP contribution in [0.5, 0.6) is 0 Å². The number of halogens is 2. The summed E-state index contributed by atoms with van der Waals surface area (Å²) in [5.41, 5.74) is 1.16. The second-order valence-electron chi connectivity index (χ2n) is 3.84. The second-order valence-corrected chi connectivity index (χ2v) is 6.16. The SMILES string of the molecule is Cc1nc(C(Nc2ccc(Cl)c(Br)c2)C(=O)O)cs1. The molecule has 2 aromatic rings. The van der Waals surface area contributed by atoms with Crippen molar-refractivity contribution in [2.45, 2.75) is 13.0 Å². The Kier molecular flexibility index (Phi) is 4.44. The molecule has 2 rings (SSSR count). The predicted molar refractivity (Wildman–Crippen MR) is 80.0 cm³/mol. The van der Waals surface area contributed by atoms with Crippen molar-refractivity contribution in [2.75, 3.05) is 5.32 Å². The summed E-state index contributed by atoms with van der Waals surface area (Å²) >= 11 is 10.6. The van der Waals surface area contributed by atoms with Gasteiger partial charge in [0.15, 0.2) is 6.04 Å². The standard InChI is InChI=1S/C12H10BrClN2O2S/c1-6-15-10(5-19-6)11(12(17)18)16-7-2-3-9(14)8(13)4-7/h2-5,11,16H,1H3,(H,17,18). The van der Waals surface area contributed by atoms with E-state index in [2.05, 4.69) is 26.2 Å².